The molecule has 4 aromatic rings. The van der Waals surface area contributed by atoms with Crippen LogP contribution in [0, 0.1) is 0 Å². The van der Waals surface area contributed by atoms with Crippen LogP contribution in [-0.2, 0) is 20.1 Å². The number of imidazole rings is 1. The van der Waals surface area contributed by atoms with Gasteiger partial charge in [-0.15, -0.1) is 0 Å². The van der Waals surface area contributed by atoms with Gasteiger partial charge in [-0.3, -0.25) is 13.9 Å². The Morgan fingerprint density at radius 3 is 2.50 bits per heavy atom. The SMILES string of the molecule is COc1ccc(N2CCn3c2nc2c3c(=O)n(Cc3ccccc3)c(=O)n2C)c(OC)c1. The third-order valence-corrected chi connectivity index (χ3v) is 5.86. The van der Waals surface area contributed by atoms with Crippen molar-refractivity contribution in [3.63, 3.8) is 0 Å². The van der Waals surface area contributed by atoms with E-state index in [1.165, 1.54) is 9.13 Å². The molecule has 0 amide bonds. The van der Waals surface area contributed by atoms with Crippen LogP contribution >= 0.6 is 0 Å². The number of methoxy groups -OCH3 is 2. The molecule has 1 aliphatic heterocycles. The van der Waals surface area contributed by atoms with Crippen molar-refractivity contribution in [1.29, 1.82) is 0 Å². The lowest BCUT2D eigenvalue weighted by Crippen LogP contribution is -2.40. The molecule has 0 unspecified atom stereocenters. The molecule has 0 radical (unpaired) electrons. The van der Waals surface area contributed by atoms with Crippen LogP contribution in [0.25, 0.3) is 11.2 Å². The van der Waals surface area contributed by atoms with Gasteiger partial charge in [0.2, 0.25) is 5.95 Å². The highest BCUT2D eigenvalue weighted by molar-refractivity contribution is 5.79. The summed E-state index contributed by atoms with van der Waals surface area (Å²) in [6, 6.07) is 15.0. The number of benzene rings is 2. The van der Waals surface area contributed by atoms with Gasteiger partial charge in [0.25, 0.3) is 5.56 Å². The summed E-state index contributed by atoms with van der Waals surface area (Å²) in [5, 5.41) is 0. The summed E-state index contributed by atoms with van der Waals surface area (Å²) >= 11 is 0. The molecule has 0 fully saturated rings. The molecule has 5 rings (SSSR count). The van der Waals surface area contributed by atoms with E-state index >= 15 is 0 Å². The Balaban J connectivity index is 1.67. The van der Waals surface area contributed by atoms with E-state index in [-0.39, 0.29) is 12.1 Å². The zero-order valence-corrected chi connectivity index (χ0v) is 18.1. The normalized spacial score (nSPS) is 12.9. The van der Waals surface area contributed by atoms with E-state index in [0.717, 1.165) is 11.3 Å². The molecule has 164 valence electrons. The number of aryl methyl sites for hydroxylation is 1. The average molecular weight is 433 g/mol. The Bertz CT molecular complexity index is 1440. The van der Waals surface area contributed by atoms with E-state index in [2.05, 4.69) is 0 Å². The molecule has 9 heteroatoms. The summed E-state index contributed by atoms with van der Waals surface area (Å²) < 4.78 is 15.4. The van der Waals surface area contributed by atoms with Crippen molar-refractivity contribution >= 4 is 22.8 Å². The second kappa shape index (κ2) is 7.60. The molecule has 2 aromatic heterocycles. The minimum Gasteiger partial charge on any atom is -0.497 e. The predicted octanol–water partition coefficient (Wildman–Crippen LogP) is 2.11. The van der Waals surface area contributed by atoms with Crippen LogP contribution in [-0.4, -0.2) is 39.4 Å². The van der Waals surface area contributed by atoms with E-state index < -0.39 is 5.69 Å². The quantitative estimate of drug-likeness (QED) is 0.479. The highest BCUT2D eigenvalue weighted by Crippen LogP contribution is 2.39. The van der Waals surface area contributed by atoms with Crippen molar-refractivity contribution in [2.75, 3.05) is 25.7 Å². The third kappa shape index (κ3) is 2.96. The maximum atomic E-state index is 13.4. The summed E-state index contributed by atoms with van der Waals surface area (Å²) in [6.45, 7) is 1.40. The van der Waals surface area contributed by atoms with Gasteiger partial charge >= 0.3 is 5.69 Å². The zero-order valence-electron chi connectivity index (χ0n) is 18.1. The lowest BCUT2D eigenvalue weighted by atomic mass is 10.2. The lowest BCUT2D eigenvalue weighted by Gasteiger charge is -2.19. The molecular formula is C23H23N5O4. The molecule has 0 saturated heterocycles. The molecule has 3 heterocycles. The predicted molar refractivity (Wildman–Crippen MR) is 121 cm³/mol. The second-order valence-corrected chi connectivity index (χ2v) is 7.64. The number of fused-ring (bicyclic) bond motifs is 3. The first-order valence-electron chi connectivity index (χ1n) is 10.3. The molecule has 2 aromatic carbocycles. The van der Waals surface area contributed by atoms with Gasteiger partial charge in [0.1, 0.15) is 11.5 Å². The number of aromatic nitrogens is 4. The molecular weight excluding hydrogens is 410 g/mol. The Labute approximate surface area is 183 Å². The molecule has 9 nitrogen and oxygen atoms in total. The van der Waals surface area contributed by atoms with Crippen molar-refractivity contribution in [2.24, 2.45) is 7.05 Å². The maximum absolute atomic E-state index is 13.4. The van der Waals surface area contributed by atoms with Gasteiger partial charge in [0.15, 0.2) is 11.2 Å². The second-order valence-electron chi connectivity index (χ2n) is 7.64. The van der Waals surface area contributed by atoms with Crippen molar-refractivity contribution in [3.8, 4) is 11.5 Å². The molecule has 0 saturated carbocycles. The fraction of sp³-hybridized carbons (Fsp3) is 0.261. The van der Waals surface area contributed by atoms with Crippen LogP contribution in [0.3, 0.4) is 0 Å². The van der Waals surface area contributed by atoms with Gasteiger partial charge in [0.05, 0.1) is 26.5 Å². The van der Waals surface area contributed by atoms with E-state index in [9.17, 15) is 9.59 Å². The van der Waals surface area contributed by atoms with Crippen LogP contribution < -0.4 is 25.6 Å². The molecule has 0 N–H and O–H groups in total. The molecule has 0 bridgehead atoms. The number of hydrogen-bond donors (Lipinski definition) is 0. The van der Waals surface area contributed by atoms with Gasteiger partial charge in [-0.2, -0.15) is 4.98 Å². The van der Waals surface area contributed by atoms with Crippen molar-refractivity contribution in [2.45, 2.75) is 13.1 Å². The number of hydrogen-bond acceptors (Lipinski definition) is 6. The van der Waals surface area contributed by atoms with Gasteiger partial charge in [-0.1, -0.05) is 30.3 Å². The summed E-state index contributed by atoms with van der Waals surface area (Å²) in [7, 11) is 4.85. The molecule has 0 spiro atoms. The van der Waals surface area contributed by atoms with Crippen molar-refractivity contribution in [3.05, 3.63) is 74.9 Å². The number of nitrogens with zero attached hydrogens (tertiary/aromatic N) is 5. The fourth-order valence-corrected chi connectivity index (χ4v) is 4.22. The van der Waals surface area contributed by atoms with E-state index in [4.69, 9.17) is 14.5 Å². The zero-order chi connectivity index (χ0) is 22.4. The summed E-state index contributed by atoms with van der Waals surface area (Å²) in [4.78, 5) is 33.1. The van der Waals surface area contributed by atoms with Gasteiger partial charge < -0.3 is 18.9 Å². The van der Waals surface area contributed by atoms with Crippen molar-refractivity contribution < 1.29 is 9.47 Å². The van der Waals surface area contributed by atoms with Crippen molar-refractivity contribution in [1.82, 2.24) is 18.7 Å². The third-order valence-electron chi connectivity index (χ3n) is 5.86. The molecule has 0 aliphatic carbocycles. The number of ether oxygens (including phenoxy) is 2. The molecule has 1 aliphatic rings. The average Bonchev–Trinajstić information content (AvgIpc) is 3.40. The van der Waals surface area contributed by atoms with Gasteiger partial charge in [-0.25, -0.2) is 4.79 Å². The van der Waals surface area contributed by atoms with Gasteiger partial charge in [0, 0.05) is 26.2 Å². The minimum atomic E-state index is -0.392. The lowest BCUT2D eigenvalue weighted by molar-refractivity contribution is 0.395. The van der Waals surface area contributed by atoms with Gasteiger partial charge in [-0.05, 0) is 17.7 Å². The monoisotopic (exact) mass is 433 g/mol. The standard InChI is InChI=1S/C23H23N5O4/c1-25-20-19(21(29)28(23(25)30)14-15-7-5-4-6-8-15)27-12-11-26(22(27)24-20)17-10-9-16(31-2)13-18(17)32-3/h4-10,13H,11-12,14H2,1-3H3. The van der Waals surface area contributed by atoms with Crippen LogP contribution in [0.15, 0.2) is 58.1 Å². The Kier molecular flexibility index (Phi) is 4.73. The highest BCUT2D eigenvalue weighted by atomic mass is 16.5. The summed E-state index contributed by atoms with van der Waals surface area (Å²) in [5.74, 6) is 1.93. The number of rotatable bonds is 5. The Hall–Kier alpha value is -4.01. The largest absolute Gasteiger partial charge is 0.497 e. The van der Waals surface area contributed by atoms with E-state index in [1.807, 2.05) is 58.0 Å². The van der Waals surface area contributed by atoms with E-state index in [1.54, 1.807) is 21.3 Å². The van der Waals surface area contributed by atoms with Crippen LogP contribution in [0.4, 0.5) is 11.6 Å². The summed E-state index contributed by atoms with van der Waals surface area (Å²) in [6.07, 6.45) is 0. The first-order valence-corrected chi connectivity index (χ1v) is 10.3. The highest BCUT2D eigenvalue weighted by Gasteiger charge is 2.30. The first kappa shape index (κ1) is 19.9. The molecule has 32 heavy (non-hydrogen) atoms. The van der Waals surface area contributed by atoms with Crippen LogP contribution in [0.5, 0.6) is 11.5 Å². The van der Waals surface area contributed by atoms with Crippen LogP contribution in [0.1, 0.15) is 5.56 Å². The minimum absolute atomic E-state index is 0.207. The molecule has 0 atom stereocenters. The fourth-order valence-electron chi connectivity index (χ4n) is 4.22. The number of anilines is 2. The summed E-state index contributed by atoms with van der Waals surface area (Å²) in [5.41, 5.74) is 1.77. The van der Waals surface area contributed by atoms with E-state index in [0.29, 0.717) is 41.7 Å². The topological polar surface area (TPSA) is 83.5 Å². The van der Waals surface area contributed by atoms with Crippen LogP contribution in [0.2, 0.25) is 0 Å². The Morgan fingerprint density at radius 2 is 1.78 bits per heavy atom. The first-order chi connectivity index (χ1) is 15.5. The smallest absolute Gasteiger partial charge is 0.332 e. The Morgan fingerprint density at radius 1 is 1.00 bits per heavy atom. The maximum Gasteiger partial charge on any atom is 0.332 e.